The van der Waals surface area contributed by atoms with E-state index in [9.17, 15) is 0 Å². The first-order valence-corrected chi connectivity index (χ1v) is 6.26. The Bertz CT molecular complexity index is 739. The molecule has 0 saturated carbocycles. The van der Waals surface area contributed by atoms with E-state index in [-0.39, 0.29) is 0 Å². The molecule has 1 aliphatic carbocycles. The minimum absolute atomic E-state index is 0.730. The van der Waals surface area contributed by atoms with Crippen LogP contribution in [0, 0.1) is 11.3 Å². The molecule has 0 saturated heterocycles. The second-order valence-electron chi connectivity index (χ2n) is 4.48. The number of fused-ring (bicyclic) bond motifs is 1. The highest BCUT2D eigenvalue weighted by molar-refractivity contribution is 5.81. The van der Waals surface area contributed by atoms with Crippen molar-refractivity contribution in [3.63, 3.8) is 0 Å². The van der Waals surface area contributed by atoms with Gasteiger partial charge in [0.05, 0.1) is 23.4 Å². The van der Waals surface area contributed by atoms with E-state index >= 15 is 0 Å². The first-order chi connectivity index (χ1) is 9.36. The van der Waals surface area contributed by atoms with Crippen molar-refractivity contribution >= 4 is 16.6 Å². The summed E-state index contributed by atoms with van der Waals surface area (Å²) in [5.74, 6) is 0. The summed E-state index contributed by atoms with van der Waals surface area (Å²) in [7, 11) is 0. The van der Waals surface area contributed by atoms with Crippen molar-refractivity contribution in [2.45, 2.75) is 12.8 Å². The summed E-state index contributed by atoms with van der Waals surface area (Å²) < 4.78 is 0. The minimum Gasteiger partial charge on any atom is -0.345 e. The predicted octanol–water partition coefficient (Wildman–Crippen LogP) is 3.75. The van der Waals surface area contributed by atoms with Crippen LogP contribution < -0.4 is 0 Å². The fourth-order valence-electron chi connectivity index (χ4n) is 2.23. The lowest BCUT2D eigenvalue weighted by atomic mass is 9.98. The van der Waals surface area contributed by atoms with Crippen LogP contribution in [0.25, 0.3) is 16.6 Å². The summed E-state index contributed by atoms with van der Waals surface area (Å²) in [5.41, 5.74) is 5.17. The predicted molar refractivity (Wildman–Crippen MR) is 76.1 cm³/mol. The summed E-state index contributed by atoms with van der Waals surface area (Å²) in [5, 5.41) is 8.98. The Labute approximate surface area is 111 Å². The molecule has 0 aliphatic heterocycles. The van der Waals surface area contributed by atoms with Crippen molar-refractivity contribution in [2.24, 2.45) is 0 Å². The molecule has 2 aromatic rings. The normalized spacial score (nSPS) is 20.8. The number of benzene rings is 1. The molecule has 19 heavy (non-hydrogen) atoms. The Morgan fingerprint density at radius 2 is 2.21 bits per heavy atom. The molecule has 0 spiro atoms. The Morgan fingerprint density at radius 3 is 3.11 bits per heavy atom. The number of imidazole rings is 1. The lowest BCUT2D eigenvalue weighted by Gasteiger charge is -2.07. The van der Waals surface area contributed by atoms with Crippen LogP contribution in [0.5, 0.6) is 0 Å². The molecule has 0 unspecified atom stereocenters. The van der Waals surface area contributed by atoms with E-state index in [1.807, 2.05) is 24.3 Å². The van der Waals surface area contributed by atoms with Crippen molar-refractivity contribution in [2.75, 3.05) is 0 Å². The van der Waals surface area contributed by atoms with Gasteiger partial charge in [-0.25, -0.2) is 4.98 Å². The number of aromatic amines is 1. The second kappa shape index (κ2) is 4.95. The van der Waals surface area contributed by atoms with Crippen molar-refractivity contribution in [3.8, 4) is 6.07 Å². The highest BCUT2D eigenvalue weighted by atomic mass is 14.9. The van der Waals surface area contributed by atoms with Crippen molar-refractivity contribution < 1.29 is 0 Å². The number of hydrogen-bond acceptors (Lipinski definition) is 2. The smallest absolute Gasteiger partial charge is 0.0988 e. The van der Waals surface area contributed by atoms with Gasteiger partial charge in [-0.15, -0.1) is 0 Å². The van der Waals surface area contributed by atoms with Crippen LogP contribution in [-0.2, 0) is 0 Å². The monoisotopic (exact) mass is 247 g/mol. The molecule has 0 atom stereocenters. The molecular formula is C16H13N3. The van der Waals surface area contributed by atoms with Crippen LogP contribution in [0.2, 0.25) is 0 Å². The maximum atomic E-state index is 8.98. The molecule has 1 aromatic carbocycles. The van der Waals surface area contributed by atoms with E-state index < -0.39 is 0 Å². The van der Waals surface area contributed by atoms with Gasteiger partial charge >= 0.3 is 0 Å². The summed E-state index contributed by atoms with van der Waals surface area (Å²) in [6.45, 7) is 0. The molecule has 3 rings (SSSR count). The van der Waals surface area contributed by atoms with Gasteiger partial charge in [0.15, 0.2) is 0 Å². The number of H-pyrrole nitrogens is 1. The van der Waals surface area contributed by atoms with Crippen LogP contribution >= 0.6 is 0 Å². The molecule has 1 N–H and O–H groups in total. The van der Waals surface area contributed by atoms with Crippen LogP contribution in [0.1, 0.15) is 18.4 Å². The quantitative estimate of drug-likeness (QED) is 0.834. The zero-order chi connectivity index (χ0) is 13.1. The second-order valence-corrected chi connectivity index (χ2v) is 4.48. The topological polar surface area (TPSA) is 52.5 Å². The molecule has 0 fully saturated rings. The van der Waals surface area contributed by atoms with Crippen molar-refractivity contribution in [3.05, 3.63) is 60.0 Å². The molecule has 0 bridgehead atoms. The number of aromatic nitrogens is 2. The number of nitrogens with zero attached hydrogens (tertiary/aromatic N) is 2. The summed E-state index contributed by atoms with van der Waals surface area (Å²) >= 11 is 0. The number of hydrogen-bond donors (Lipinski definition) is 1. The van der Waals surface area contributed by atoms with Gasteiger partial charge in [0, 0.05) is 5.57 Å². The summed E-state index contributed by atoms with van der Waals surface area (Å²) in [4.78, 5) is 7.35. The van der Waals surface area contributed by atoms with Crippen molar-refractivity contribution in [1.82, 2.24) is 9.97 Å². The van der Waals surface area contributed by atoms with Gasteiger partial charge in [0.2, 0.25) is 0 Å². The average Bonchev–Trinajstić information content (AvgIpc) is 2.86. The maximum absolute atomic E-state index is 8.98. The van der Waals surface area contributed by atoms with Gasteiger partial charge in [-0.3, -0.25) is 0 Å². The molecular weight excluding hydrogens is 234 g/mol. The van der Waals surface area contributed by atoms with E-state index in [0.29, 0.717) is 0 Å². The van der Waals surface area contributed by atoms with E-state index in [4.69, 9.17) is 5.26 Å². The van der Waals surface area contributed by atoms with Crippen LogP contribution in [0.15, 0.2) is 54.4 Å². The minimum atomic E-state index is 0.730. The Morgan fingerprint density at radius 1 is 1.26 bits per heavy atom. The largest absolute Gasteiger partial charge is 0.345 e. The Hall–Kier alpha value is -2.60. The number of rotatable bonds is 1. The number of nitrogens with one attached hydrogen (secondary N) is 1. The van der Waals surface area contributed by atoms with Gasteiger partial charge in [0.1, 0.15) is 0 Å². The molecule has 3 heteroatoms. The third kappa shape index (κ3) is 2.34. The molecule has 1 aliphatic rings. The molecule has 1 heterocycles. The van der Waals surface area contributed by atoms with E-state index in [1.54, 1.807) is 6.33 Å². The Kier molecular flexibility index (Phi) is 2.99. The first kappa shape index (κ1) is 11.5. The van der Waals surface area contributed by atoms with Gasteiger partial charge in [-0.2, -0.15) is 5.26 Å². The third-order valence-corrected chi connectivity index (χ3v) is 3.26. The highest BCUT2D eigenvalue weighted by Gasteiger charge is 2.05. The number of nitriles is 1. The van der Waals surface area contributed by atoms with Gasteiger partial charge in [-0.1, -0.05) is 24.3 Å². The van der Waals surface area contributed by atoms with Crippen LogP contribution in [0.4, 0.5) is 0 Å². The van der Waals surface area contributed by atoms with E-state index in [2.05, 4.69) is 34.2 Å². The molecule has 0 amide bonds. The van der Waals surface area contributed by atoms with Crippen LogP contribution in [0.3, 0.4) is 0 Å². The van der Waals surface area contributed by atoms with E-state index in [0.717, 1.165) is 29.4 Å². The molecule has 3 nitrogen and oxygen atoms in total. The zero-order valence-corrected chi connectivity index (χ0v) is 10.4. The molecule has 0 radical (unpaired) electrons. The SMILES string of the molecule is N#C/C1=C/C/C(c2ccc3nc[nH]c3c2)=C\CC=C1. The summed E-state index contributed by atoms with van der Waals surface area (Å²) in [6.07, 6.45) is 11.4. The maximum Gasteiger partial charge on any atom is 0.0988 e. The zero-order valence-electron chi connectivity index (χ0n) is 10.4. The lowest BCUT2D eigenvalue weighted by Crippen LogP contribution is -1.87. The van der Waals surface area contributed by atoms with Gasteiger partial charge < -0.3 is 4.98 Å². The first-order valence-electron chi connectivity index (χ1n) is 6.26. The Balaban J connectivity index is 1.99. The average molecular weight is 247 g/mol. The van der Waals surface area contributed by atoms with Gasteiger partial charge in [0.25, 0.3) is 0 Å². The number of allylic oxidation sites excluding steroid dienone is 6. The fourth-order valence-corrected chi connectivity index (χ4v) is 2.23. The van der Waals surface area contributed by atoms with E-state index in [1.165, 1.54) is 11.1 Å². The van der Waals surface area contributed by atoms with Crippen LogP contribution in [-0.4, -0.2) is 9.97 Å². The van der Waals surface area contributed by atoms with Crippen molar-refractivity contribution in [1.29, 1.82) is 5.26 Å². The standard InChI is InChI=1S/C16H13N3/c17-10-12-3-1-2-4-13(6-5-12)14-7-8-15-16(9-14)19-11-18-15/h1,3-5,7-9,11H,2,6H2,(H,18,19)/b3-1?,12-5+,13-4+. The molecule has 1 aromatic heterocycles. The molecule has 92 valence electrons. The summed E-state index contributed by atoms with van der Waals surface area (Å²) in [6, 6.07) is 8.41. The van der Waals surface area contributed by atoms with Gasteiger partial charge in [-0.05, 0) is 42.2 Å². The highest BCUT2D eigenvalue weighted by Crippen LogP contribution is 2.24. The third-order valence-electron chi connectivity index (χ3n) is 3.26. The fraction of sp³-hybridized carbons (Fsp3) is 0.125. The lowest BCUT2D eigenvalue weighted by molar-refractivity contribution is 1.28.